The highest BCUT2D eigenvalue weighted by Crippen LogP contribution is 2.43. The van der Waals surface area contributed by atoms with E-state index in [9.17, 15) is 19.0 Å². The summed E-state index contributed by atoms with van der Waals surface area (Å²) < 4.78 is 33.2. The summed E-state index contributed by atoms with van der Waals surface area (Å²) >= 11 is 0. The quantitative estimate of drug-likeness (QED) is 0.0264. The second-order valence-electron chi connectivity index (χ2n) is 25.5. The molecule has 510 valence electrons. The minimum Gasteiger partial charge on any atom is -0.462 e. The first-order valence-electron chi connectivity index (χ1n) is 37.8. The third-order valence-corrected chi connectivity index (χ3v) is 17.9. The van der Waals surface area contributed by atoms with Crippen LogP contribution < -0.4 is 5.73 Å². The van der Waals surface area contributed by atoms with Gasteiger partial charge in [-0.1, -0.05) is 376 Å². The van der Waals surface area contributed by atoms with Gasteiger partial charge in [0.15, 0.2) is 6.10 Å². The van der Waals surface area contributed by atoms with E-state index in [-0.39, 0.29) is 38.6 Å². The minimum atomic E-state index is -4.39. The van der Waals surface area contributed by atoms with Crippen LogP contribution in [0.5, 0.6) is 0 Å². The van der Waals surface area contributed by atoms with Crippen molar-refractivity contribution >= 4 is 19.8 Å². The molecule has 0 aliphatic carbocycles. The fourth-order valence-electron chi connectivity index (χ4n) is 11.4. The van der Waals surface area contributed by atoms with E-state index in [0.29, 0.717) is 6.42 Å². The number of phosphoric ester groups is 1. The molecule has 2 unspecified atom stereocenters. The summed E-state index contributed by atoms with van der Waals surface area (Å²) in [6, 6.07) is 0. The van der Waals surface area contributed by atoms with Gasteiger partial charge in [0.1, 0.15) is 6.61 Å². The number of carbonyl (C=O) groups is 2. The molecule has 0 spiro atoms. The Balaban J connectivity index is 3.79. The summed E-state index contributed by atoms with van der Waals surface area (Å²) in [5.41, 5.74) is 5.41. The van der Waals surface area contributed by atoms with Crippen molar-refractivity contribution < 1.29 is 37.6 Å². The van der Waals surface area contributed by atoms with Gasteiger partial charge >= 0.3 is 19.8 Å². The Morgan fingerprint density at radius 3 is 0.943 bits per heavy atom. The molecule has 0 heterocycles. The molecule has 0 aliphatic heterocycles. The lowest BCUT2D eigenvalue weighted by Crippen LogP contribution is -2.29. The van der Waals surface area contributed by atoms with Gasteiger partial charge in [0.2, 0.25) is 0 Å². The molecule has 87 heavy (non-hydrogen) atoms. The summed E-state index contributed by atoms with van der Waals surface area (Å²) in [5, 5.41) is 0. The highest BCUT2D eigenvalue weighted by molar-refractivity contribution is 7.47. The molecule has 0 radical (unpaired) electrons. The van der Waals surface area contributed by atoms with Crippen LogP contribution in [-0.4, -0.2) is 49.3 Å². The first-order chi connectivity index (χ1) is 42.8. The number of carbonyl (C=O) groups excluding carboxylic acids is 2. The smallest absolute Gasteiger partial charge is 0.462 e. The molecule has 0 aromatic carbocycles. The number of allylic oxidation sites excluding steroid dienone is 10. The molecule has 0 aliphatic rings. The number of esters is 2. The van der Waals surface area contributed by atoms with E-state index in [4.69, 9.17) is 24.3 Å². The molecule has 2 atom stereocenters. The van der Waals surface area contributed by atoms with Crippen LogP contribution >= 0.6 is 7.82 Å². The van der Waals surface area contributed by atoms with Crippen molar-refractivity contribution in [3.8, 4) is 0 Å². The molecule has 0 amide bonds. The van der Waals surface area contributed by atoms with Crippen molar-refractivity contribution in [1.29, 1.82) is 0 Å². The highest BCUT2D eigenvalue weighted by atomic mass is 31.2. The number of hydrogen-bond donors (Lipinski definition) is 2. The maximum atomic E-state index is 12.8. The van der Waals surface area contributed by atoms with Crippen molar-refractivity contribution in [2.24, 2.45) is 5.73 Å². The van der Waals surface area contributed by atoms with Gasteiger partial charge < -0.3 is 20.1 Å². The summed E-state index contributed by atoms with van der Waals surface area (Å²) in [5.74, 6) is -0.808. The van der Waals surface area contributed by atoms with E-state index < -0.39 is 26.5 Å². The Hall–Kier alpha value is -2.29. The Bertz CT molecular complexity index is 1610. The predicted octanol–water partition coefficient (Wildman–Crippen LogP) is 25.0. The lowest BCUT2D eigenvalue weighted by Gasteiger charge is -2.19. The molecule has 0 saturated carbocycles. The van der Waals surface area contributed by atoms with E-state index in [0.717, 1.165) is 70.6 Å². The van der Waals surface area contributed by atoms with Gasteiger partial charge in [0, 0.05) is 19.4 Å². The van der Waals surface area contributed by atoms with Crippen molar-refractivity contribution in [2.75, 3.05) is 26.4 Å². The number of nitrogens with two attached hydrogens (primary N) is 1. The molecule has 3 N–H and O–H groups in total. The molecular weight excluding hydrogens is 1100 g/mol. The first-order valence-corrected chi connectivity index (χ1v) is 39.3. The van der Waals surface area contributed by atoms with E-state index in [1.165, 1.54) is 283 Å². The second kappa shape index (κ2) is 72.8. The molecule has 0 rings (SSSR count). The molecular formula is C77H144NO8P. The monoisotopic (exact) mass is 1240 g/mol. The van der Waals surface area contributed by atoms with Gasteiger partial charge in [0.05, 0.1) is 13.2 Å². The molecule has 0 saturated heterocycles. The summed E-state index contributed by atoms with van der Waals surface area (Å²) in [6.07, 6.45) is 94.9. The van der Waals surface area contributed by atoms with Crippen LogP contribution in [0, 0.1) is 0 Å². The molecule has 0 bridgehead atoms. The maximum Gasteiger partial charge on any atom is 0.472 e. The zero-order chi connectivity index (χ0) is 63.0. The zero-order valence-electron chi connectivity index (χ0n) is 57.5. The lowest BCUT2D eigenvalue weighted by molar-refractivity contribution is -0.161. The summed E-state index contributed by atoms with van der Waals surface area (Å²) in [6.45, 7) is 3.70. The Labute approximate surface area is 539 Å². The number of unbranched alkanes of at least 4 members (excludes halogenated alkanes) is 49. The average Bonchev–Trinajstić information content (AvgIpc) is 3.66. The van der Waals surface area contributed by atoms with E-state index in [2.05, 4.69) is 74.6 Å². The van der Waals surface area contributed by atoms with Gasteiger partial charge in [-0.3, -0.25) is 18.6 Å². The normalized spacial score (nSPS) is 13.2. The standard InChI is InChI=1S/C77H144NO8P/c1-3-5-7-9-11-13-15-17-19-21-23-25-27-29-31-33-35-36-37-38-40-41-43-45-47-49-51-53-55-57-59-61-63-65-67-69-76(79)83-73-75(74-85-87(81,82)84-72-71-78)86-77(80)70-68-66-64-62-60-58-56-54-52-50-48-46-44-42-39-34-32-30-28-26-24-22-20-18-16-14-12-10-8-6-4-2/h6,8,12,14,18,20,24,26,30,32,75H,3-5,7,9-11,13,15-17,19,21-23,25,27-29,31,33-74,78H2,1-2H3,(H,81,82)/b8-6-,14-12-,20-18-,26-24-,32-30-. The number of phosphoric acid groups is 1. The van der Waals surface area contributed by atoms with Gasteiger partial charge in [-0.15, -0.1) is 0 Å². The lowest BCUT2D eigenvalue weighted by atomic mass is 10.0. The molecule has 0 aromatic heterocycles. The number of hydrogen-bond acceptors (Lipinski definition) is 8. The third-order valence-electron chi connectivity index (χ3n) is 16.9. The van der Waals surface area contributed by atoms with Crippen LogP contribution in [0.15, 0.2) is 60.8 Å². The molecule has 9 nitrogen and oxygen atoms in total. The van der Waals surface area contributed by atoms with Gasteiger partial charge in [-0.2, -0.15) is 0 Å². The van der Waals surface area contributed by atoms with Crippen molar-refractivity contribution in [3.05, 3.63) is 60.8 Å². The zero-order valence-corrected chi connectivity index (χ0v) is 58.4. The van der Waals surface area contributed by atoms with E-state index in [1.54, 1.807) is 0 Å². The van der Waals surface area contributed by atoms with Crippen LogP contribution in [0.25, 0.3) is 0 Å². The number of ether oxygens (including phenoxy) is 2. The second-order valence-corrected chi connectivity index (χ2v) is 27.0. The largest absolute Gasteiger partial charge is 0.472 e. The topological polar surface area (TPSA) is 134 Å². The van der Waals surface area contributed by atoms with Gasteiger partial charge in [-0.05, 0) is 57.8 Å². The third kappa shape index (κ3) is 72.6. The Morgan fingerprint density at radius 1 is 0.356 bits per heavy atom. The molecule has 10 heteroatoms. The molecule has 0 fully saturated rings. The van der Waals surface area contributed by atoms with E-state index in [1.807, 2.05) is 0 Å². The maximum absolute atomic E-state index is 12.8. The van der Waals surface area contributed by atoms with Crippen molar-refractivity contribution in [3.63, 3.8) is 0 Å². The summed E-state index contributed by atoms with van der Waals surface area (Å²) in [7, 11) is -4.39. The predicted molar refractivity (Wildman–Crippen MR) is 376 cm³/mol. The summed E-state index contributed by atoms with van der Waals surface area (Å²) in [4.78, 5) is 35.4. The van der Waals surface area contributed by atoms with Crippen molar-refractivity contribution in [2.45, 2.75) is 392 Å². The van der Waals surface area contributed by atoms with Gasteiger partial charge in [-0.25, -0.2) is 4.57 Å². The number of rotatable bonds is 72. The van der Waals surface area contributed by atoms with Crippen LogP contribution in [0.2, 0.25) is 0 Å². The SMILES string of the molecule is CC/C=C\C/C=C\C/C=C\C/C=C\C/C=C\CCCCCCCCCCCCCCCCCC(=O)OC(COC(=O)CCCCCCCCCCCCCCCCCCCCCCCCCCCCCCCCCCCCC)COP(=O)(O)OCCN. The van der Waals surface area contributed by atoms with E-state index >= 15 is 0 Å². The van der Waals surface area contributed by atoms with Crippen LogP contribution in [0.4, 0.5) is 0 Å². The van der Waals surface area contributed by atoms with Crippen LogP contribution in [-0.2, 0) is 32.7 Å². The van der Waals surface area contributed by atoms with Gasteiger partial charge in [0.25, 0.3) is 0 Å². The fourth-order valence-corrected chi connectivity index (χ4v) is 12.1. The van der Waals surface area contributed by atoms with Crippen LogP contribution in [0.3, 0.4) is 0 Å². The Morgan fingerprint density at radius 2 is 0.632 bits per heavy atom. The average molecular weight is 1240 g/mol. The molecule has 0 aromatic rings. The highest BCUT2D eigenvalue weighted by Gasteiger charge is 2.26. The minimum absolute atomic E-state index is 0.0543. The Kier molecular flexibility index (Phi) is 70.9. The fraction of sp³-hybridized carbons (Fsp3) is 0.844. The van der Waals surface area contributed by atoms with Crippen LogP contribution in [0.1, 0.15) is 386 Å². The van der Waals surface area contributed by atoms with Crippen molar-refractivity contribution in [1.82, 2.24) is 0 Å². The first kappa shape index (κ1) is 84.7.